The van der Waals surface area contributed by atoms with Crippen LogP contribution in [0.1, 0.15) is 33.9 Å². The van der Waals surface area contributed by atoms with Gasteiger partial charge in [0.05, 0.1) is 19.6 Å². The highest BCUT2D eigenvalue weighted by Crippen LogP contribution is 2.38. The number of anilines is 1. The number of imidazole rings is 1. The van der Waals surface area contributed by atoms with Crippen molar-refractivity contribution in [2.45, 2.75) is 19.4 Å². The van der Waals surface area contributed by atoms with E-state index in [1.165, 1.54) is 7.11 Å². The molecule has 1 amide bonds. The number of nitrogens with one attached hydrogen (secondary N) is 2. The summed E-state index contributed by atoms with van der Waals surface area (Å²) >= 11 is 0. The molecule has 0 fully saturated rings. The number of aryl methyl sites for hydroxylation is 1. The number of ether oxygens (including phenoxy) is 3. The number of amides is 1. The second kappa shape index (κ2) is 10.7. The van der Waals surface area contributed by atoms with Crippen molar-refractivity contribution in [2.24, 2.45) is 0 Å². The van der Waals surface area contributed by atoms with E-state index in [4.69, 9.17) is 19.2 Å². The summed E-state index contributed by atoms with van der Waals surface area (Å²) < 4.78 is 17.4. The topological polar surface area (TPSA) is 140 Å². The van der Waals surface area contributed by atoms with Crippen LogP contribution in [0, 0.1) is 6.92 Å². The normalized spacial score (nSPS) is 12.7. The third-order valence-electron chi connectivity index (χ3n) is 6.33. The maximum atomic E-state index is 13.2. The van der Waals surface area contributed by atoms with Gasteiger partial charge in [-0.25, -0.2) is 4.98 Å². The maximum absolute atomic E-state index is 13.2. The van der Waals surface area contributed by atoms with Gasteiger partial charge in [-0.15, -0.1) is 0 Å². The Balaban J connectivity index is 1.48. The summed E-state index contributed by atoms with van der Waals surface area (Å²) in [4.78, 5) is 41.3. The fraction of sp³-hybridized carbons (Fsp3) is 0.214. The summed E-state index contributed by atoms with van der Waals surface area (Å²) in [6, 6.07) is 15.2. The van der Waals surface area contributed by atoms with E-state index in [1.54, 1.807) is 47.0 Å². The molecule has 2 aromatic carbocycles. The molecule has 0 saturated carbocycles. The minimum Gasteiger partial charge on any atom is -0.481 e. The minimum atomic E-state index is -1.03. The summed E-state index contributed by atoms with van der Waals surface area (Å²) in [5, 5.41) is 15.3. The predicted molar refractivity (Wildman–Crippen MR) is 141 cm³/mol. The summed E-state index contributed by atoms with van der Waals surface area (Å²) in [6.07, 6.45) is 1.39. The highest BCUT2D eigenvalue weighted by Gasteiger charge is 2.22. The molecule has 3 N–H and O–H groups in total. The zero-order valence-corrected chi connectivity index (χ0v) is 21.3. The molecule has 1 unspecified atom stereocenters. The third kappa shape index (κ3) is 5.47. The summed E-state index contributed by atoms with van der Waals surface area (Å²) in [6.45, 7) is 1.96. The molecule has 1 atom stereocenters. The van der Waals surface area contributed by atoms with Crippen molar-refractivity contribution in [3.05, 3.63) is 77.5 Å². The summed E-state index contributed by atoms with van der Waals surface area (Å²) in [5.74, 6) is -0.220. The van der Waals surface area contributed by atoms with E-state index in [0.29, 0.717) is 45.3 Å². The number of aromatic nitrogens is 2. The Hall–Kier alpha value is -5.06. The van der Waals surface area contributed by atoms with Crippen LogP contribution in [0.2, 0.25) is 0 Å². The van der Waals surface area contributed by atoms with Gasteiger partial charge >= 0.3 is 11.9 Å². The number of fused-ring (bicyclic) bond motifs is 2. The van der Waals surface area contributed by atoms with Crippen LogP contribution in [0.3, 0.4) is 0 Å². The molecule has 0 saturated heterocycles. The Morgan fingerprint density at radius 3 is 2.59 bits per heavy atom. The molecule has 200 valence electrons. The van der Waals surface area contributed by atoms with E-state index in [2.05, 4.69) is 10.6 Å². The van der Waals surface area contributed by atoms with Gasteiger partial charge in [0.25, 0.3) is 5.91 Å². The lowest BCUT2D eigenvalue weighted by molar-refractivity contribution is -0.139. The smallest absolute Gasteiger partial charge is 0.325 e. The average molecular weight is 531 g/mol. The zero-order chi connectivity index (χ0) is 27.5. The molecule has 1 aliphatic rings. The van der Waals surface area contributed by atoms with Gasteiger partial charge in [0.2, 0.25) is 6.79 Å². The molecule has 2 aromatic heterocycles. The quantitative estimate of drug-likeness (QED) is 0.277. The molecule has 3 heterocycles. The van der Waals surface area contributed by atoms with Crippen molar-refractivity contribution >= 4 is 29.3 Å². The number of pyridine rings is 1. The van der Waals surface area contributed by atoms with Gasteiger partial charge in [-0.2, -0.15) is 0 Å². The van der Waals surface area contributed by atoms with Crippen molar-refractivity contribution in [3.63, 3.8) is 0 Å². The molecule has 11 nitrogen and oxygen atoms in total. The molecule has 0 bridgehead atoms. The van der Waals surface area contributed by atoms with Gasteiger partial charge in [0, 0.05) is 17.3 Å². The van der Waals surface area contributed by atoms with E-state index in [0.717, 1.165) is 5.56 Å². The van der Waals surface area contributed by atoms with Gasteiger partial charge in [-0.05, 0) is 42.8 Å². The molecule has 11 heteroatoms. The number of carbonyl (C=O) groups is 3. The van der Waals surface area contributed by atoms with Crippen LogP contribution >= 0.6 is 0 Å². The highest BCUT2D eigenvalue weighted by atomic mass is 16.7. The number of aliphatic carboxylic acids is 1. The van der Waals surface area contributed by atoms with Crippen molar-refractivity contribution in [2.75, 3.05) is 25.8 Å². The van der Waals surface area contributed by atoms with E-state index in [9.17, 15) is 19.5 Å². The number of hydrogen-bond donors (Lipinski definition) is 3. The number of nitrogens with zero attached hydrogens (tertiary/aromatic N) is 2. The first-order valence-electron chi connectivity index (χ1n) is 12.1. The highest BCUT2D eigenvalue weighted by molar-refractivity contribution is 5.96. The molecule has 0 aliphatic carbocycles. The number of esters is 1. The lowest BCUT2D eigenvalue weighted by Gasteiger charge is -2.18. The van der Waals surface area contributed by atoms with E-state index in [-0.39, 0.29) is 19.8 Å². The Morgan fingerprint density at radius 2 is 1.85 bits per heavy atom. The molecule has 0 radical (unpaired) electrons. The van der Waals surface area contributed by atoms with E-state index >= 15 is 0 Å². The fourth-order valence-corrected chi connectivity index (χ4v) is 4.30. The first kappa shape index (κ1) is 25.6. The predicted octanol–water partition coefficient (Wildman–Crippen LogP) is 3.57. The Labute approximate surface area is 223 Å². The van der Waals surface area contributed by atoms with Crippen LogP contribution in [-0.2, 0) is 14.3 Å². The maximum Gasteiger partial charge on any atom is 0.325 e. The molecule has 39 heavy (non-hydrogen) atoms. The van der Waals surface area contributed by atoms with E-state index in [1.807, 2.05) is 25.1 Å². The van der Waals surface area contributed by atoms with Gasteiger partial charge in [0.15, 0.2) is 11.5 Å². The number of carboxylic acid groups (broad SMARTS) is 1. The van der Waals surface area contributed by atoms with Gasteiger partial charge in [0.1, 0.15) is 23.7 Å². The molecular formula is C28H26N4O7. The number of methoxy groups -OCH3 is 1. The average Bonchev–Trinajstić information content (AvgIpc) is 3.55. The van der Waals surface area contributed by atoms with Crippen molar-refractivity contribution < 1.29 is 33.7 Å². The van der Waals surface area contributed by atoms with Crippen LogP contribution in [-0.4, -0.2) is 52.8 Å². The monoisotopic (exact) mass is 530 g/mol. The second-order valence-electron chi connectivity index (χ2n) is 8.98. The summed E-state index contributed by atoms with van der Waals surface area (Å²) in [5.41, 5.74) is 3.69. The standard InChI is InChI=1S/C28H26N4O7/c1-16-3-5-17(6-4-16)20(13-24(33)34)30-28(36)19-9-10-32-23(12-19)31-26(27(32)29-14-25(35)37-2)18-7-8-21-22(11-18)39-15-38-21/h3-12,20,29H,13-15H2,1-2H3,(H,30,36)(H,33,34). The van der Waals surface area contributed by atoms with Crippen molar-refractivity contribution in [1.29, 1.82) is 0 Å². The molecule has 5 rings (SSSR count). The number of benzene rings is 2. The lowest BCUT2D eigenvalue weighted by atomic mass is 10.0. The second-order valence-corrected chi connectivity index (χ2v) is 8.98. The Bertz CT molecular complexity index is 1560. The fourth-order valence-electron chi connectivity index (χ4n) is 4.30. The Morgan fingerprint density at radius 1 is 1.08 bits per heavy atom. The number of rotatable bonds is 9. The van der Waals surface area contributed by atoms with Gasteiger partial charge < -0.3 is 30.0 Å². The lowest BCUT2D eigenvalue weighted by Crippen LogP contribution is -2.30. The van der Waals surface area contributed by atoms with Crippen molar-refractivity contribution in [1.82, 2.24) is 14.7 Å². The Kier molecular flexibility index (Phi) is 7.04. The van der Waals surface area contributed by atoms with E-state index < -0.39 is 23.9 Å². The minimum absolute atomic E-state index is 0.0997. The van der Waals surface area contributed by atoms with Crippen molar-refractivity contribution in [3.8, 4) is 22.8 Å². The van der Waals surface area contributed by atoms with Gasteiger partial charge in [-0.1, -0.05) is 29.8 Å². The molecule has 1 aliphatic heterocycles. The zero-order valence-electron chi connectivity index (χ0n) is 21.3. The third-order valence-corrected chi connectivity index (χ3v) is 6.33. The number of hydrogen-bond acceptors (Lipinski definition) is 8. The summed E-state index contributed by atoms with van der Waals surface area (Å²) in [7, 11) is 1.30. The van der Waals surface area contributed by atoms with Crippen LogP contribution in [0.5, 0.6) is 11.5 Å². The first-order chi connectivity index (χ1) is 18.8. The number of carboxylic acids is 1. The number of carbonyl (C=O) groups excluding carboxylic acids is 2. The van der Waals surface area contributed by atoms with Gasteiger partial charge in [-0.3, -0.25) is 18.8 Å². The van der Waals surface area contributed by atoms with Crippen LogP contribution in [0.4, 0.5) is 5.82 Å². The largest absolute Gasteiger partial charge is 0.481 e. The van der Waals surface area contributed by atoms with Crippen LogP contribution in [0.25, 0.3) is 16.9 Å². The molecule has 4 aromatic rings. The SMILES string of the molecule is COC(=O)CNc1c(-c2ccc3c(c2)OCO3)nc2cc(C(=O)NC(CC(=O)O)c3ccc(C)cc3)ccn12. The molecule has 0 spiro atoms. The first-order valence-corrected chi connectivity index (χ1v) is 12.1. The molecular weight excluding hydrogens is 504 g/mol. The van der Waals surface area contributed by atoms with Crippen LogP contribution in [0.15, 0.2) is 60.8 Å². The van der Waals surface area contributed by atoms with Crippen LogP contribution < -0.4 is 20.1 Å².